The van der Waals surface area contributed by atoms with Crippen LogP contribution in [0.4, 0.5) is 5.82 Å². The first-order valence-electron chi connectivity index (χ1n) is 5.54. The topological polar surface area (TPSA) is 47.0 Å². The molecule has 1 aromatic heterocycles. The first kappa shape index (κ1) is 11.7. The van der Waals surface area contributed by atoms with Crippen molar-refractivity contribution < 1.29 is 4.74 Å². The van der Waals surface area contributed by atoms with E-state index >= 15 is 0 Å². The molecule has 2 heterocycles. The highest BCUT2D eigenvalue weighted by Gasteiger charge is 2.22. The van der Waals surface area contributed by atoms with E-state index in [0.29, 0.717) is 5.25 Å². The van der Waals surface area contributed by atoms with Crippen LogP contribution < -0.4 is 5.32 Å². The van der Waals surface area contributed by atoms with Crippen molar-refractivity contribution >= 4 is 17.6 Å². The average molecular weight is 239 g/mol. The minimum atomic E-state index is 0.558. The Hall–Kier alpha value is -0.810. The summed E-state index contributed by atoms with van der Waals surface area (Å²) >= 11 is 1.80. The summed E-state index contributed by atoms with van der Waals surface area (Å²) in [5.74, 6) is 1.84. The average Bonchev–Trinajstić information content (AvgIpc) is 2.25. The molecule has 0 aromatic carbocycles. The first-order chi connectivity index (χ1) is 7.74. The van der Waals surface area contributed by atoms with Crippen LogP contribution in [-0.4, -0.2) is 35.5 Å². The molecular weight excluding hydrogens is 222 g/mol. The minimum absolute atomic E-state index is 0.558. The highest BCUT2D eigenvalue weighted by Crippen LogP contribution is 2.31. The van der Waals surface area contributed by atoms with E-state index in [1.165, 1.54) is 0 Å². The summed E-state index contributed by atoms with van der Waals surface area (Å²) < 4.78 is 5.18. The van der Waals surface area contributed by atoms with Crippen molar-refractivity contribution in [3.63, 3.8) is 0 Å². The summed E-state index contributed by atoms with van der Waals surface area (Å²) in [5.41, 5.74) is 1.14. The third-order valence-corrected chi connectivity index (χ3v) is 3.81. The Morgan fingerprint density at radius 3 is 2.69 bits per heavy atom. The third kappa shape index (κ3) is 2.30. The van der Waals surface area contributed by atoms with Gasteiger partial charge in [-0.2, -0.15) is 0 Å². The molecule has 4 nitrogen and oxygen atoms in total. The summed E-state index contributed by atoms with van der Waals surface area (Å²) in [4.78, 5) is 9.03. The molecule has 0 amide bonds. The van der Waals surface area contributed by atoms with Gasteiger partial charge < -0.3 is 10.1 Å². The van der Waals surface area contributed by atoms with Gasteiger partial charge in [0.2, 0.25) is 0 Å². The number of aromatic nitrogens is 2. The summed E-state index contributed by atoms with van der Waals surface area (Å²) in [6.45, 7) is 5.81. The molecule has 0 bridgehead atoms. The second-order valence-corrected chi connectivity index (χ2v) is 5.09. The van der Waals surface area contributed by atoms with Crippen molar-refractivity contribution in [1.29, 1.82) is 0 Å². The Morgan fingerprint density at radius 1 is 1.44 bits per heavy atom. The van der Waals surface area contributed by atoms with E-state index in [1.807, 2.05) is 7.05 Å². The van der Waals surface area contributed by atoms with Crippen LogP contribution in [0.2, 0.25) is 0 Å². The van der Waals surface area contributed by atoms with Crippen molar-refractivity contribution in [2.45, 2.75) is 30.5 Å². The molecule has 5 heteroatoms. The molecule has 0 spiro atoms. The van der Waals surface area contributed by atoms with Crippen molar-refractivity contribution in [3.05, 3.63) is 11.4 Å². The number of thioether (sulfide) groups is 1. The van der Waals surface area contributed by atoms with E-state index < -0.39 is 0 Å². The normalized spacial score (nSPS) is 15.9. The van der Waals surface area contributed by atoms with Gasteiger partial charge in [0.15, 0.2) is 0 Å². The van der Waals surface area contributed by atoms with Crippen LogP contribution >= 0.6 is 11.8 Å². The van der Waals surface area contributed by atoms with Gasteiger partial charge in [-0.05, 0) is 6.92 Å². The molecule has 0 radical (unpaired) electrons. The predicted octanol–water partition coefficient (Wildman–Crippen LogP) is 1.88. The number of anilines is 1. The maximum atomic E-state index is 5.18. The lowest BCUT2D eigenvalue weighted by Crippen LogP contribution is -2.30. The molecule has 0 aliphatic carbocycles. The van der Waals surface area contributed by atoms with Gasteiger partial charge in [0.05, 0.1) is 18.5 Å². The Labute approximate surface area is 100 Å². The van der Waals surface area contributed by atoms with Crippen LogP contribution in [0, 0.1) is 6.92 Å². The number of hydrogen-bond donors (Lipinski definition) is 1. The Balaban J connectivity index is 2.25. The second kappa shape index (κ2) is 5.01. The zero-order valence-electron chi connectivity index (χ0n) is 9.91. The summed E-state index contributed by atoms with van der Waals surface area (Å²) in [5, 5.41) is 4.77. The number of aryl methyl sites for hydroxylation is 1. The van der Waals surface area contributed by atoms with E-state index in [1.54, 1.807) is 11.8 Å². The van der Waals surface area contributed by atoms with E-state index in [4.69, 9.17) is 4.74 Å². The quantitative estimate of drug-likeness (QED) is 0.813. The highest BCUT2D eigenvalue weighted by atomic mass is 32.2. The summed E-state index contributed by atoms with van der Waals surface area (Å²) in [6.07, 6.45) is 0.865. The molecule has 1 aliphatic rings. The van der Waals surface area contributed by atoms with Gasteiger partial charge in [-0.1, -0.05) is 18.7 Å². The van der Waals surface area contributed by atoms with E-state index in [9.17, 15) is 0 Å². The van der Waals surface area contributed by atoms with Crippen molar-refractivity contribution in [3.8, 4) is 0 Å². The molecule has 1 fully saturated rings. The Bertz CT molecular complexity index is 380. The fraction of sp³-hybridized carbons (Fsp3) is 0.636. The van der Waals surface area contributed by atoms with Crippen molar-refractivity contribution in [2.24, 2.45) is 0 Å². The van der Waals surface area contributed by atoms with Crippen molar-refractivity contribution in [1.82, 2.24) is 9.97 Å². The standard InChI is InChI=1S/C11H17N3OS/c1-4-9-13-10(12-3)7(2)11(14-9)16-8-5-15-6-8/h8H,4-6H2,1-3H3,(H,12,13,14). The first-order valence-corrected chi connectivity index (χ1v) is 6.42. The van der Waals surface area contributed by atoms with Gasteiger partial charge >= 0.3 is 0 Å². The number of nitrogens with zero attached hydrogens (tertiary/aromatic N) is 2. The van der Waals surface area contributed by atoms with Crippen molar-refractivity contribution in [2.75, 3.05) is 25.6 Å². The van der Waals surface area contributed by atoms with Gasteiger partial charge in [0.1, 0.15) is 16.7 Å². The number of hydrogen-bond acceptors (Lipinski definition) is 5. The molecule has 0 unspecified atom stereocenters. The maximum absolute atomic E-state index is 5.18. The van der Waals surface area contributed by atoms with Crippen LogP contribution in [0.1, 0.15) is 18.3 Å². The molecule has 0 atom stereocenters. The molecule has 16 heavy (non-hydrogen) atoms. The van der Waals surface area contributed by atoms with E-state index in [-0.39, 0.29) is 0 Å². The zero-order valence-corrected chi connectivity index (χ0v) is 10.7. The molecule has 2 rings (SSSR count). The molecule has 1 aliphatic heterocycles. The van der Waals surface area contributed by atoms with Gasteiger partial charge in [-0.15, -0.1) is 0 Å². The Morgan fingerprint density at radius 2 is 2.19 bits per heavy atom. The maximum Gasteiger partial charge on any atom is 0.133 e. The summed E-state index contributed by atoms with van der Waals surface area (Å²) in [6, 6.07) is 0. The fourth-order valence-electron chi connectivity index (χ4n) is 1.50. The van der Waals surface area contributed by atoms with Gasteiger partial charge in [-0.25, -0.2) is 9.97 Å². The number of ether oxygens (including phenoxy) is 1. The molecule has 1 aromatic rings. The lowest BCUT2D eigenvalue weighted by atomic mass is 10.3. The van der Waals surface area contributed by atoms with Crippen LogP contribution in [-0.2, 0) is 11.2 Å². The molecular formula is C11H17N3OS. The molecule has 1 N–H and O–H groups in total. The molecule has 88 valence electrons. The largest absolute Gasteiger partial charge is 0.379 e. The smallest absolute Gasteiger partial charge is 0.133 e. The van der Waals surface area contributed by atoms with Crippen LogP contribution in [0.5, 0.6) is 0 Å². The predicted molar refractivity (Wildman–Crippen MR) is 66.2 cm³/mol. The number of nitrogens with one attached hydrogen (secondary N) is 1. The van der Waals surface area contributed by atoms with Crippen LogP contribution in [0.15, 0.2) is 5.03 Å². The van der Waals surface area contributed by atoms with Gasteiger partial charge in [0.25, 0.3) is 0 Å². The van der Waals surface area contributed by atoms with E-state index in [0.717, 1.165) is 41.9 Å². The number of rotatable bonds is 4. The lowest BCUT2D eigenvalue weighted by molar-refractivity contribution is 0.0454. The van der Waals surface area contributed by atoms with Gasteiger partial charge in [-0.3, -0.25) is 0 Å². The van der Waals surface area contributed by atoms with E-state index in [2.05, 4.69) is 29.1 Å². The Kier molecular flexibility index (Phi) is 3.66. The SMILES string of the molecule is CCc1nc(NC)c(C)c(SC2COC2)n1. The minimum Gasteiger partial charge on any atom is -0.379 e. The summed E-state index contributed by atoms with van der Waals surface area (Å²) in [7, 11) is 1.90. The monoisotopic (exact) mass is 239 g/mol. The lowest BCUT2D eigenvalue weighted by Gasteiger charge is -2.25. The third-order valence-electron chi connectivity index (χ3n) is 2.59. The zero-order chi connectivity index (χ0) is 11.5. The highest BCUT2D eigenvalue weighted by molar-refractivity contribution is 8.00. The van der Waals surface area contributed by atoms with Gasteiger partial charge in [0, 0.05) is 19.0 Å². The molecule has 1 saturated heterocycles. The second-order valence-electron chi connectivity index (χ2n) is 3.80. The molecule has 0 saturated carbocycles. The van der Waals surface area contributed by atoms with Crippen LogP contribution in [0.25, 0.3) is 0 Å². The van der Waals surface area contributed by atoms with Crippen LogP contribution in [0.3, 0.4) is 0 Å². The fourth-order valence-corrected chi connectivity index (χ4v) is 2.57.